The number of aromatic nitrogens is 1. The molecule has 7 nitrogen and oxygen atoms in total. The number of epoxide rings is 1. The monoisotopic (exact) mass is 507 g/mol. The van der Waals surface area contributed by atoms with Crippen LogP contribution in [0.15, 0.2) is 11.0 Å². The molecular formula is C27H41NO6S. The summed E-state index contributed by atoms with van der Waals surface area (Å²) in [5, 5.41) is 24.6. The van der Waals surface area contributed by atoms with Gasteiger partial charge in [0.2, 0.25) is 0 Å². The molecule has 1 aromatic rings. The predicted molar refractivity (Wildman–Crippen MR) is 136 cm³/mol. The van der Waals surface area contributed by atoms with Crippen LogP contribution in [-0.2, 0) is 19.1 Å². The van der Waals surface area contributed by atoms with Gasteiger partial charge < -0.3 is 19.7 Å². The number of esters is 1. The van der Waals surface area contributed by atoms with Crippen LogP contribution in [0.3, 0.4) is 0 Å². The van der Waals surface area contributed by atoms with Crippen molar-refractivity contribution in [2.45, 2.75) is 111 Å². The molecule has 0 amide bonds. The van der Waals surface area contributed by atoms with Crippen molar-refractivity contribution in [3.05, 3.63) is 21.7 Å². The normalized spacial score (nSPS) is 37.5. The van der Waals surface area contributed by atoms with Crippen molar-refractivity contribution in [3.8, 4) is 0 Å². The molecule has 35 heavy (non-hydrogen) atoms. The van der Waals surface area contributed by atoms with Gasteiger partial charge in [-0.15, -0.1) is 11.3 Å². The van der Waals surface area contributed by atoms with Crippen molar-refractivity contribution >= 4 is 29.2 Å². The number of carbonyl (C=O) groups is 2. The van der Waals surface area contributed by atoms with Gasteiger partial charge in [-0.05, 0) is 51.2 Å². The van der Waals surface area contributed by atoms with Gasteiger partial charge in [-0.2, -0.15) is 0 Å². The third kappa shape index (κ3) is 6.59. The van der Waals surface area contributed by atoms with Crippen LogP contribution < -0.4 is 0 Å². The van der Waals surface area contributed by atoms with Crippen molar-refractivity contribution in [2.75, 3.05) is 0 Å². The minimum atomic E-state index is -1.23. The van der Waals surface area contributed by atoms with E-state index in [1.54, 1.807) is 32.1 Å². The van der Waals surface area contributed by atoms with Crippen molar-refractivity contribution in [1.29, 1.82) is 0 Å². The van der Waals surface area contributed by atoms with E-state index in [2.05, 4.69) is 11.9 Å². The Morgan fingerprint density at radius 1 is 1.23 bits per heavy atom. The molecule has 0 bridgehead atoms. The number of aryl methyl sites for hydroxylation is 1. The standard InChI is InChI=1S/C27H41NO6S/c1-15-9-8-10-27(7)22(34-27)12-20(16(2)11-19-14-35-18(4)28-19)33-23(30)13-21(29)26(5,6)25(32)17(3)24(15)31/h11,14-15,17,20-22,24,29,31H,8-10,12-13H2,1-7H3/t15-,17?,20?,21-,22-,24-,27+/m0/s1. The lowest BCUT2D eigenvalue weighted by Crippen LogP contribution is -2.45. The number of aliphatic hydroxyl groups excluding tert-OH is 2. The van der Waals surface area contributed by atoms with E-state index in [9.17, 15) is 19.8 Å². The molecule has 2 fully saturated rings. The van der Waals surface area contributed by atoms with Gasteiger partial charge in [0.25, 0.3) is 0 Å². The first-order valence-corrected chi connectivity index (χ1v) is 13.5. The number of carbonyl (C=O) groups excluding carboxylic acids is 2. The Kier molecular flexibility index (Phi) is 8.62. The van der Waals surface area contributed by atoms with Gasteiger partial charge in [0.1, 0.15) is 11.9 Å². The van der Waals surface area contributed by atoms with E-state index < -0.39 is 35.6 Å². The van der Waals surface area contributed by atoms with Crippen LogP contribution in [0.5, 0.6) is 0 Å². The summed E-state index contributed by atoms with van der Waals surface area (Å²) in [6, 6.07) is 0. The molecule has 8 heteroatoms. The summed E-state index contributed by atoms with van der Waals surface area (Å²) in [4.78, 5) is 30.6. The molecule has 0 spiro atoms. The fraction of sp³-hybridized carbons (Fsp3) is 0.741. The minimum Gasteiger partial charge on any atom is -0.458 e. The van der Waals surface area contributed by atoms with Crippen molar-refractivity contribution in [3.63, 3.8) is 0 Å². The number of thiazole rings is 1. The molecule has 0 aromatic carbocycles. The molecule has 0 saturated carbocycles. The van der Waals surface area contributed by atoms with Gasteiger partial charge in [-0.1, -0.05) is 34.1 Å². The van der Waals surface area contributed by atoms with Gasteiger partial charge in [-0.25, -0.2) is 4.98 Å². The molecule has 196 valence electrons. The second-order valence-corrected chi connectivity index (χ2v) is 12.3. The maximum atomic E-state index is 13.2. The number of rotatable bonds is 2. The first-order valence-electron chi connectivity index (χ1n) is 12.6. The number of ether oxygens (including phenoxy) is 2. The molecule has 3 heterocycles. The lowest BCUT2D eigenvalue weighted by molar-refractivity contribution is -0.154. The largest absolute Gasteiger partial charge is 0.458 e. The highest BCUT2D eigenvalue weighted by Gasteiger charge is 2.53. The molecule has 7 atom stereocenters. The lowest BCUT2D eigenvalue weighted by Gasteiger charge is -2.34. The van der Waals surface area contributed by atoms with Gasteiger partial charge in [0, 0.05) is 17.7 Å². The van der Waals surface area contributed by atoms with E-state index >= 15 is 0 Å². The molecule has 0 radical (unpaired) electrons. The van der Waals surface area contributed by atoms with Gasteiger partial charge in [0.05, 0.1) is 46.5 Å². The Bertz CT molecular complexity index is 955. The molecule has 2 unspecified atom stereocenters. The topological polar surface area (TPSA) is 109 Å². The van der Waals surface area contributed by atoms with E-state index in [0.717, 1.165) is 35.5 Å². The summed E-state index contributed by atoms with van der Waals surface area (Å²) < 4.78 is 11.9. The highest BCUT2D eigenvalue weighted by Crippen LogP contribution is 2.45. The van der Waals surface area contributed by atoms with E-state index in [1.807, 2.05) is 32.2 Å². The van der Waals surface area contributed by atoms with Crippen molar-refractivity contribution < 1.29 is 29.3 Å². The average Bonchev–Trinajstić information content (AvgIpc) is 3.22. The van der Waals surface area contributed by atoms with E-state index in [0.29, 0.717) is 6.42 Å². The van der Waals surface area contributed by atoms with Crippen LogP contribution in [0.2, 0.25) is 0 Å². The third-order valence-corrected chi connectivity index (χ3v) is 8.72. The van der Waals surface area contributed by atoms with Crippen molar-refractivity contribution in [2.24, 2.45) is 17.3 Å². The Labute approximate surface area is 212 Å². The third-order valence-electron chi connectivity index (χ3n) is 7.93. The minimum absolute atomic E-state index is 0.0455. The first-order chi connectivity index (χ1) is 16.2. The zero-order valence-corrected chi connectivity index (χ0v) is 22.9. The smallest absolute Gasteiger partial charge is 0.309 e. The zero-order chi connectivity index (χ0) is 26.1. The summed E-state index contributed by atoms with van der Waals surface area (Å²) in [7, 11) is 0. The Morgan fingerprint density at radius 3 is 2.54 bits per heavy atom. The lowest BCUT2D eigenvalue weighted by atomic mass is 9.73. The Balaban J connectivity index is 1.85. The van der Waals surface area contributed by atoms with E-state index in [4.69, 9.17) is 9.47 Å². The summed E-state index contributed by atoms with van der Waals surface area (Å²) in [6.45, 7) is 12.8. The number of nitrogens with zero attached hydrogens (tertiary/aromatic N) is 1. The van der Waals surface area contributed by atoms with Crippen LogP contribution >= 0.6 is 11.3 Å². The molecule has 1 aromatic heterocycles. The zero-order valence-electron chi connectivity index (χ0n) is 22.0. The molecule has 0 aliphatic carbocycles. The first kappa shape index (κ1) is 28.0. The van der Waals surface area contributed by atoms with Crippen molar-refractivity contribution in [1.82, 2.24) is 4.98 Å². The number of hydrogen-bond acceptors (Lipinski definition) is 8. The maximum absolute atomic E-state index is 13.2. The number of fused-ring (bicyclic) bond motifs is 1. The average molecular weight is 508 g/mol. The quantitative estimate of drug-likeness (QED) is 0.449. The molecule has 2 saturated heterocycles. The second kappa shape index (κ2) is 10.8. The fourth-order valence-electron chi connectivity index (χ4n) is 5.07. The van der Waals surface area contributed by atoms with E-state index in [-0.39, 0.29) is 29.8 Å². The van der Waals surface area contributed by atoms with Gasteiger partial charge >= 0.3 is 5.97 Å². The summed E-state index contributed by atoms with van der Waals surface area (Å²) in [6.07, 6.45) is 1.98. The predicted octanol–water partition coefficient (Wildman–Crippen LogP) is 4.48. The van der Waals surface area contributed by atoms with Gasteiger partial charge in [0.15, 0.2) is 0 Å². The fourth-order valence-corrected chi connectivity index (χ4v) is 5.64. The highest BCUT2D eigenvalue weighted by atomic mass is 32.1. The molecule has 2 aliphatic heterocycles. The number of hydrogen-bond donors (Lipinski definition) is 2. The van der Waals surface area contributed by atoms with Crippen LogP contribution in [0.4, 0.5) is 0 Å². The Hall–Kier alpha value is -1.61. The number of aliphatic hydroxyl groups is 2. The summed E-state index contributed by atoms with van der Waals surface area (Å²) in [5.74, 6) is -1.55. The summed E-state index contributed by atoms with van der Waals surface area (Å²) >= 11 is 1.56. The number of ketones is 1. The molecule has 2 N–H and O–H groups in total. The van der Waals surface area contributed by atoms with Crippen LogP contribution in [-0.4, -0.2) is 57.0 Å². The van der Waals surface area contributed by atoms with Crippen LogP contribution in [0.1, 0.15) is 84.3 Å². The molecular weight excluding hydrogens is 466 g/mol. The summed E-state index contributed by atoms with van der Waals surface area (Å²) in [5.41, 5.74) is 0.179. The van der Waals surface area contributed by atoms with Crippen LogP contribution in [0.25, 0.3) is 6.08 Å². The van der Waals surface area contributed by atoms with E-state index in [1.165, 1.54) is 0 Å². The maximum Gasteiger partial charge on any atom is 0.309 e. The molecule has 3 rings (SSSR count). The Morgan fingerprint density at radius 2 is 1.91 bits per heavy atom. The second-order valence-electron chi connectivity index (χ2n) is 11.3. The molecule has 2 aliphatic rings. The SMILES string of the molecule is CC(=Cc1csc(C)n1)C1C[C@@H]2O[C@]2(C)CCC[C@H](C)[C@H](O)C(C)C(=O)C(C)(C)[C@@H](O)CC(=O)O1. The number of cyclic esters (lactones) is 1. The van der Waals surface area contributed by atoms with Crippen LogP contribution in [0, 0.1) is 24.2 Å². The van der Waals surface area contributed by atoms with Gasteiger partial charge in [-0.3, -0.25) is 9.59 Å². The highest BCUT2D eigenvalue weighted by molar-refractivity contribution is 7.09. The number of Topliss-reactive ketones (excluding diaryl/α,β-unsaturated/α-hetero) is 1.